The summed E-state index contributed by atoms with van der Waals surface area (Å²) in [6.07, 6.45) is -0.849. The highest BCUT2D eigenvalue weighted by Crippen LogP contribution is 2.30. The van der Waals surface area contributed by atoms with Crippen molar-refractivity contribution >= 4 is 12.1 Å². The van der Waals surface area contributed by atoms with E-state index in [1.807, 2.05) is 88.4 Å². The number of hydrogen-bond donors (Lipinski definition) is 1. The maximum absolute atomic E-state index is 13.0. The van der Waals surface area contributed by atoms with Crippen LogP contribution in [0.5, 0.6) is 0 Å². The molecule has 2 aromatic rings. The van der Waals surface area contributed by atoms with E-state index in [1.54, 1.807) is 0 Å². The molecule has 1 amide bonds. The van der Waals surface area contributed by atoms with Crippen LogP contribution in [0.25, 0.3) is 0 Å². The van der Waals surface area contributed by atoms with E-state index in [4.69, 9.17) is 23.7 Å². The number of esters is 1. The van der Waals surface area contributed by atoms with E-state index in [1.165, 1.54) is 0 Å². The molecular formula is C28H37NO7. The van der Waals surface area contributed by atoms with Gasteiger partial charge in [-0.05, 0) is 25.0 Å². The summed E-state index contributed by atoms with van der Waals surface area (Å²) in [5, 5.41) is 2.59. The summed E-state index contributed by atoms with van der Waals surface area (Å²) >= 11 is 0. The molecule has 1 N–H and O–H groups in total. The van der Waals surface area contributed by atoms with E-state index < -0.39 is 23.9 Å². The molecule has 1 aliphatic rings. The van der Waals surface area contributed by atoms with Crippen molar-refractivity contribution < 1.29 is 33.3 Å². The summed E-state index contributed by atoms with van der Waals surface area (Å²) in [4.78, 5) is 25.4. The second-order valence-electron chi connectivity index (χ2n) is 9.64. The predicted octanol–water partition coefficient (Wildman–Crippen LogP) is 4.47. The molecule has 3 rings (SSSR count). The van der Waals surface area contributed by atoms with Gasteiger partial charge in [0.1, 0.15) is 6.61 Å². The van der Waals surface area contributed by atoms with Crippen LogP contribution in [0, 0.1) is 11.8 Å². The number of alkyl carbamates (subject to hydrolysis) is 1. The molecule has 196 valence electrons. The van der Waals surface area contributed by atoms with Gasteiger partial charge in [-0.15, -0.1) is 0 Å². The van der Waals surface area contributed by atoms with Gasteiger partial charge in [0.15, 0.2) is 11.8 Å². The van der Waals surface area contributed by atoms with Gasteiger partial charge in [-0.2, -0.15) is 0 Å². The number of nitrogens with one attached hydrogen (secondary N) is 1. The van der Waals surface area contributed by atoms with Crippen LogP contribution in [0.1, 0.15) is 38.8 Å². The van der Waals surface area contributed by atoms with E-state index in [9.17, 15) is 9.59 Å². The number of carbonyl (C=O) groups is 2. The van der Waals surface area contributed by atoms with Crippen molar-refractivity contribution in [3.05, 3.63) is 71.8 Å². The summed E-state index contributed by atoms with van der Waals surface area (Å²) in [5.41, 5.74) is 1.80. The lowest BCUT2D eigenvalue weighted by atomic mass is 9.93. The summed E-state index contributed by atoms with van der Waals surface area (Å²) in [6, 6.07) is 17.9. The van der Waals surface area contributed by atoms with Gasteiger partial charge in [-0.1, -0.05) is 74.5 Å². The SMILES string of the molecule is C[C@@H](COC(=O)[C@H](COCc1ccccc1)NC(=O)OCc1ccccc1)[C@H]1OC(C)(C)OC[C@@H]1C. The van der Waals surface area contributed by atoms with Crippen LogP contribution in [0.15, 0.2) is 60.7 Å². The Morgan fingerprint density at radius 3 is 2.22 bits per heavy atom. The van der Waals surface area contributed by atoms with Crippen molar-refractivity contribution in [1.82, 2.24) is 5.32 Å². The third-order valence-electron chi connectivity index (χ3n) is 5.91. The third kappa shape index (κ3) is 8.93. The number of hydrogen-bond acceptors (Lipinski definition) is 7. The van der Waals surface area contributed by atoms with Gasteiger partial charge in [0.2, 0.25) is 0 Å². The molecule has 0 bridgehead atoms. The van der Waals surface area contributed by atoms with E-state index in [-0.39, 0.29) is 37.8 Å². The highest BCUT2D eigenvalue weighted by Gasteiger charge is 2.37. The first-order valence-corrected chi connectivity index (χ1v) is 12.3. The van der Waals surface area contributed by atoms with Crippen LogP contribution in [0.4, 0.5) is 4.79 Å². The van der Waals surface area contributed by atoms with Crippen molar-refractivity contribution in [1.29, 1.82) is 0 Å². The zero-order valence-corrected chi connectivity index (χ0v) is 21.5. The topological polar surface area (TPSA) is 92.3 Å². The number of rotatable bonds is 11. The molecule has 0 saturated carbocycles. The minimum absolute atomic E-state index is 0.0558. The van der Waals surface area contributed by atoms with Crippen LogP contribution in [0.2, 0.25) is 0 Å². The molecule has 36 heavy (non-hydrogen) atoms. The number of ether oxygens (including phenoxy) is 5. The highest BCUT2D eigenvalue weighted by atomic mass is 16.7. The summed E-state index contributed by atoms with van der Waals surface area (Å²) in [7, 11) is 0. The Hall–Kier alpha value is -2.94. The zero-order valence-electron chi connectivity index (χ0n) is 21.5. The quantitative estimate of drug-likeness (QED) is 0.456. The molecule has 0 unspecified atom stereocenters. The molecule has 8 heteroatoms. The molecule has 0 aromatic heterocycles. The van der Waals surface area contributed by atoms with Gasteiger partial charge in [-0.25, -0.2) is 9.59 Å². The number of amides is 1. The van der Waals surface area contributed by atoms with Gasteiger partial charge in [0.25, 0.3) is 0 Å². The molecule has 2 aromatic carbocycles. The van der Waals surface area contributed by atoms with Gasteiger partial charge < -0.3 is 29.0 Å². The summed E-state index contributed by atoms with van der Waals surface area (Å²) in [5.74, 6) is -1.19. The fraction of sp³-hybridized carbons (Fsp3) is 0.500. The summed E-state index contributed by atoms with van der Waals surface area (Å²) < 4.78 is 28.4. The number of carbonyl (C=O) groups excluding carboxylic acids is 2. The lowest BCUT2D eigenvalue weighted by Crippen LogP contribution is -2.49. The molecule has 1 fully saturated rings. The lowest BCUT2D eigenvalue weighted by Gasteiger charge is -2.42. The van der Waals surface area contributed by atoms with E-state index in [0.29, 0.717) is 13.2 Å². The Labute approximate surface area is 213 Å². The molecule has 1 aliphatic heterocycles. The molecule has 0 radical (unpaired) electrons. The maximum atomic E-state index is 13.0. The lowest BCUT2D eigenvalue weighted by molar-refractivity contribution is -0.301. The average Bonchev–Trinajstić information content (AvgIpc) is 2.88. The van der Waals surface area contributed by atoms with Crippen molar-refractivity contribution in [2.45, 2.75) is 58.8 Å². The minimum atomic E-state index is -1.02. The van der Waals surface area contributed by atoms with E-state index in [0.717, 1.165) is 11.1 Å². The normalized spacial score (nSPS) is 20.7. The first-order chi connectivity index (χ1) is 17.2. The molecule has 0 aliphatic carbocycles. The van der Waals surface area contributed by atoms with E-state index >= 15 is 0 Å². The van der Waals surface area contributed by atoms with Crippen LogP contribution in [-0.2, 0) is 41.7 Å². The molecule has 0 spiro atoms. The van der Waals surface area contributed by atoms with Gasteiger partial charge >= 0.3 is 12.1 Å². The molecular weight excluding hydrogens is 462 g/mol. The Balaban J connectivity index is 1.55. The predicted molar refractivity (Wildman–Crippen MR) is 134 cm³/mol. The van der Waals surface area contributed by atoms with Crippen molar-refractivity contribution in [2.24, 2.45) is 11.8 Å². The van der Waals surface area contributed by atoms with Crippen molar-refractivity contribution in [2.75, 3.05) is 19.8 Å². The van der Waals surface area contributed by atoms with Crippen LogP contribution in [0.3, 0.4) is 0 Å². The minimum Gasteiger partial charge on any atom is -0.464 e. The molecule has 1 saturated heterocycles. The largest absolute Gasteiger partial charge is 0.464 e. The molecule has 1 heterocycles. The van der Waals surface area contributed by atoms with Crippen molar-refractivity contribution in [3.8, 4) is 0 Å². The molecule has 4 atom stereocenters. The number of benzene rings is 2. The fourth-order valence-electron chi connectivity index (χ4n) is 3.94. The zero-order chi connectivity index (χ0) is 26.0. The van der Waals surface area contributed by atoms with Crippen LogP contribution in [-0.4, -0.2) is 49.8 Å². The van der Waals surface area contributed by atoms with Gasteiger partial charge in [0.05, 0.1) is 32.5 Å². The van der Waals surface area contributed by atoms with Crippen LogP contribution < -0.4 is 5.32 Å². The fourth-order valence-corrected chi connectivity index (χ4v) is 3.94. The Morgan fingerprint density at radius 1 is 0.972 bits per heavy atom. The first-order valence-electron chi connectivity index (χ1n) is 12.3. The Kier molecular flexibility index (Phi) is 10.3. The third-order valence-corrected chi connectivity index (χ3v) is 5.91. The molecule has 8 nitrogen and oxygen atoms in total. The highest BCUT2D eigenvalue weighted by molar-refractivity contribution is 5.81. The Bertz CT molecular complexity index is 951. The van der Waals surface area contributed by atoms with Gasteiger partial charge in [0, 0.05) is 11.8 Å². The second-order valence-corrected chi connectivity index (χ2v) is 9.64. The van der Waals surface area contributed by atoms with Crippen molar-refractivity contribution in [3.63, 3.8) is 0 Å². The maximum Gasteiger partial charge on any atom is 0.408 e. The van der Waals surface area contributed by atoms with Gasteiger partial charge in [-0.3, -0.25) is 0 Å². The smallest absolute Gasteiger partial charge is 0.408 e. The monoisotopic (exact) mass is 499 g/mol. The van der Waals surface area contributed by atoms with Crippen LogP contribution >= 0.6 is 0 Å². The first kappa shape index (κ1) is 27.6. The summed E-state index contributed by atoms with van der Waals surface area (Å²) in [6.45, 7) is 8.79. The van der Waals surface area contributed by atoms with E-state index in [2.05, 4.69) is 5.32 Å². The standard InChI is InChI=1S/C28H37NO7/c1-20(25-21(2)16-35-28(3,4)36-25)15-33-26(30)24(19-32-17-22-11-7-5-8-12-22)29-27(31)34-18-23-13-9-6-10-14-23/h5-14,20-21,24-25H,15-19H2,1-4H3,(H,29,31)/t20-,21-,24-,25+/m0/s1. The average molecular weight is 500 g/mol. The Morgan fingerprint density at radius 2 is 1.58 bits per heavy atom. The second kappa shape index (κ2) is 13.4.